The second-order valence-electron chi connectivity index (χ2n) is 13.0. The van der Waals surface area contributed by atoms with Gasteiger partial charge in [0.05, 0.1) is 16.7 Å². The third-order valence-electron chi connectivity index (χ3n) is 9.95. The van der Waals surface area contributed by atoms with Gasteiger partial charge in [0.1, 0.15) is 0 Å². The SMILES string of the molecule is CC1(C)c2ccccc2-c2ccc(N(c3ccccc3)c3cc(-c4ccccc4)cc4c5ccccc5n(-c5ccccc5)c34)cc21. The Hall–Kier alpha value is -5.86. The predicted molar refractivity (Wildman–Crippen MR) is 198 cm³/mol. The minimum atomic E-state index is -0.107. The fourth-order valence-electron chi connectivity index (χ4n) is 7.72. The first-order chi connectivity index (χ1) is 23.1. The van der Waals surface area contributed by atoms with E-state index in [0.29, 0.717) is 0 Å². The standard InChI is InChI=1S/C45H34N2/c1-45(2)40-24-14-12-22-36(40)37-27-26-35(30-41(37)45)46(33-18-8-4-9-19-33)43-29-32(31-16-6-3-7-17-31)28-39-38-23-13-15-25-42(38)47(44(39)43)34-20-10-5-11-21-34/h3-30H,1-2H3. The summed E-state index contributed by atoms with van der Waals surface area (Å²) in [6.07, 6.45) is 0. The van der Waals surface area contributed by atoms with E-state index in [-0.39, 0.29) is 5.41 Å². The molecule has 0 atom stereocenters. The monoisotopic (exact) mass is 602 g/mol. The van der Waals surface area contributed by atoms with Crippen molar-refractivity contribution in [1.29, 1.82) is 0 Å². The van der Waals surface area contributed by atoms with Gasteiger partial charge in [-0.1, -0.05) is 129 Å². The van der Waals surface area contributed by atoms with Crippen LogP contribution in [0.5, 0.6) is 0 Å². The summed E-state index contributed by atoms with van der Waals surface area (Å²) in [4.78, 5) is 2.46. The lowest BCUT2D eigenvalue weighted by atomic mass is 9.82. The van der Waals surface area contributed by atoms with Crippen LogP contribution in [0.3, 0.4) is 0 Å². The quantitative estimate of drug-likeness (QED) is 0.190. The summed E-state index contributed by atoms with van der Waals surface area (Å²) in [6, 6.07) is 61.9. The van der Waals surface area contributed by atoms with E-state index in [1.165, 1.54) is 55.2 Å². The molecule has 0 radical (unpaired) electrons. The molecular formula is C45H34N2. The smallest absolute Gasteiger partial charge is 0.0782 e. The lowest BCUT2D eigenvalue weighted by molar-refractivity contribution is 0.660. The summed E-state index contributed by atoms with van der Waals surface area (Å²) in [7, 11) is 0. The number of hydrogen-bond donors (Lipinski definition) is 0. The van der Waals surface area contributed by atoms with Gasteiger partial charge in [-0.15, -0.1) is 0 Å². The molecule has 1 aliphatic rings. The van der Waals surface area contributed by atoms with Crippen LogP contribution in [0.15, 0.2) is 170 Å². The third-order valence-corrected chi connectivity index (χ3v) is 9.95. The van der Waals surface area contributed by atoms with Crippen molar-refractivity contribution in [2.75, 3.05) is 4.90 Å². The Kier molecular flexibility index (Phi) is 6.20. The molecule has 0 bridgehead atoms. The highest BCUT2D eigenvalue weighted by Crippen LogP contribution is 2.52. The molecule has 0 aliphatic heterocycles. The lowest BCUT2D eigenvalue weighted by Gasteiger charge is -2.29. The topological polar surface area (TPSA) is 8.17 Å². The van der Waals surface area contributed by atoms with Crippen molar-refractivity contribution in [3.8, 4) is 27.9 Å². The number of hydrogen-bond acceptors (Lipinski definition) is 1. The number of benzene rings is 7. The molecule has 2 heteroatoms. The van der Waals surface area contributed by atoms with Crippen molar-refractivity contribution >= 4 is 38.9 Å². The van der Waals surface area contributed by atoms with Gasteiger partial charge in [-0.2, -0.15) is 0 Å². The average molecular weight is 603 g/mol. The maximum atomic E-state index is 2.46. The maximum Gasteiger partial charge on any atom is 0.0782 e. The zero-order chi connectivity index (χ0) is 31.5. The van der Waals surface area contributed by atoms with Crippen LogP contribution >= 0.6 is 0 Å². The summed E-state index contributed by atoms with van der Waals surface area (Å²) < 4.78 is 2.44. The van der Waals surface area contributed by atoms with Crippen LogP contribution < -0.4 is 4.90 Å². The van der Waals surface area contributed by atoms with Crippen molar-refractivity contribution in [1.82, 2.24) is 4.57 Å². The molecule has 1 aromatic heterocycles. The van der Waals surface area contributed by atoms with E-state index in [4.69, 9.17) is 0 Å². The van der Waals surface area contributed by atoms with E-state index in [1.54, 1.807) is 0 Å². The Morgan fingerprint density at radius 2 is 1.11 bits per heavy atom. The van der Waals surface area contributed by atoms with Gasteiger partial charge in [0.15, 0.2) is 0 Å². The predicted octanol–water partition coefficient (Wildman–Crippen LogP) is 12.2. The summed E-state index contributed by atoms with van der Waals surface area (Å²) in [5, 5.41) is 2.47. The first kappa shape index (κ1) is 27.5. The summed E-state index contributed by atoms with van der Waals surface area (Å²) >= 11 is 0. The van der Waals surface area contributed by atoms with Gasteiger partial charge in [0, 0.05) is 33.2 Å². The highest BCUT2D eigenvalue weighted by atomic mass is 15.2. The van der Waals surface area contributed by atoms with E-state index < -0.39 is 0 Å². The van der Waals surface area contributed by atoms with Crippen molar-refractivity contribution in [3.63, 3.8) is 0 Å². The fraction of sp³-hybridized carbons (Fsp3) is 0.0667. The number of rotatable bonds is 5. The second-order valence-corrected chi connectivity index (χ2v) is 13.0. The van der Waals surface area contributed by atoms with Gasteiger partial charge >= 0.3 is 0 Å². The normalized spacial score (nSPS) is 13.1. The number of aromatic nitrogens is 1. The molecule has 0 fully saturated rings. The molecule has 7 aromatic carbocycles. The zero-order valence-electron chi connectivity index (χ0n) is 26.6. The highest BCUT2D eigenvalue weighted by molar-refractivity contribution is 6.16. The number of fused-ring (bicyclic) bond motifs is 6. The van der Waals surface area contributed by atoms with Gasteiger partial charge < -0.3 is 9.47 Å². The molecule has 47 heavy (non-hydrogen) atoms. The van der Waals surface area contributed by atoms with Crippen LogP contribution in [0, 0.1) is 0 Å². The Balaban J connectivity index is 1.40. The molecular weight excluding hydrogens is 569 g/mol. The van der Waals surface area contributed by atoms with Gasteiger partial charge in [-0.3, -0.25) is 0 Å². The van der Waals surface area contributed by atoms with Crippen molar-refractivity contribution in [2.45, 2.75) is 19.3 Å². The minimum Gasteiger partial charge on any atom is -0.308 e. The average Bonchev–Trinajstić information content (AvgIpc) is 3.58. The van der Waals surface area contributed by atoms with Crippen LogP contribution in [0.25, 0.3) is 49.7 Å². The van der Waals surface area contributed by atoms with Crippen LogP contribution in [0.2, 0.25) is 0 Å². The largest absolute Gasteiger partial charge is 0.308 e. The van der Waals surface area contributed by atoms with Gasteiger partial charge in [0.2, 0.25) is 0 Å². The molecule has 2 nitrogen and oxygen atoms in total. The summed E-state index contributed by atoms with van der Waals surface area (Å²) in [5.74, 6) is 0. The molecule has 0 unspecified atom stereocenters. The van der Waals surface area contributed by atoms with E-state index >= 15 is 0 Å². The number of nitrogens with zero attached hydrogens (tertiary/aromatic N) is 2. The van der Waals surface area contributed by atoms with Crippen LogP contribution in [-0.4, -0.2) is 4.57 Å². The van der Waals surface area contributed by atoms with Crippen molar-refractivity contribution in [3.05, 3.63) is 181 Å². The molecule has 1 heterocycles. The minimum absolute atomic E-state index is 0.107. The van der Waals surface area contributed by atoms with Gasteiger partial charge in [-0.05, 0) is 88.0 Å². The molecule has 0 amide bonds. The number of anilines is 3. The molecule has 0 spiro atoms. The molecule has 9 rings (SSSR count). The van der Waals surface area contributed by atoms with E-state index in [0.717, 1.165) is 22.7 Å². The van der Waals surface area contributed by atoms with Crippen LogP contribution in [0.4, 0.5) is 17.1 Å². The highest BCUT2D eigenvalue weighted by Gasteiger charge is 2.36. The third kappa shape index (κ3) is 4.26. The molecule has 8 aromatic rings. The molecule has 0 saturated carbocycles. The second kappa shape index (κ2) is 10.6. The van der Waals surface area contributed by atoms with E-state index in [1.807, 2.05) is 0 Å². The lowest BCUT2D eigenvalue weighted by Crippen LogP contribution is -2.17. The first-order valence-corrected chi connectivity index (χ1v) is 16.4. The Bertz CT molecular complexity index is 2420. The van der Waals surface area contributed by atoms with Crippen LogP contribution in [-0.2, 0) is 5.41 Å². The molecule has 224 valence electrons. The Labute approximate surface area is 275 Å². The van der Waals surface area contributed by atoms with E-state index in [9.17, 15) is 0 Å². The zero-order valence-corrected chi connectivity index (χ0v) is 26.6. The fourth-order valence-corrected chi connectivity index (χ4v) is 7.72. The summed E-state index contributed by atoms with van der Waals surface area (Å²) in [6.45, 7) is 4.71. The van der Waals surface area contributed by atoms with Gasteiger partial charge in [-0.25, -0.2) is 0 Å². The molecule has 1 aliphatic carbocycles. The first-order valence-electron chi connectivity index (χ1n) is 16.4. The van der Waals surface area contributed by atoms with E-state index in [2.05, 4.69) is 193 Å². The summed E-state index contributed by atoms with van der Waals surface area (Å²) in [5.41, 5.74) is 14.6. The maximum absolute atomic E-state index is 2.46. The Morgan fingerprint density at radius 3 is 1.89 bits per heavy atom. The number of para-hydroxylation sites is 3. The van der Waals surface area contributed by atoms with Crippen molar-refractivity contribution < 1.29 is 0 Å². The van der Waals surface area contributed by atoms with Gasteiger partial charge in [0.25, 0.3) is 0 Å². The van der Waals surface area contributed by atoms with Crippen LogP contribution in [0.1, 0.15) is 25.0 Å². The Morgan fingerprint density at radius 1 is 0.468 bits per heavy atom. The molecule has 0 N–H and O–H groups in total. The molecule has 0 saturated heterocycles. The van der Waals surface area contributed by atoms with Crippen molar-refractivity contribution in [2.24, 2.45) is 0 Å².